The Hall–Kier alpha value is -3.19. The quantitative estimate of drug-likeness (QED) is 0.529. The summed E-state index contributed by atoms with van der Waals surface area (Å²) in [5, 5.41) is 0. The Bertz CT molecular complexity index is 1280. The van der Waals surface area contributed by atoms with E-state index in [2.05, 4.69) is 4.98 Å². The number of hydrogen-bond donors (Lipinski definition) is 1. The maximum atomic E-state index is 13.8. The molecule has 2 aromatic heterocycles. The molecule has 0 atom stereocenters. The van der Waals surface area contributed by atoms with Gasteiger partial charge in [0.25, 0.3) is 0 Å². The fraction of sp³-hybridized carbons (Fsp3) is 0.304. The van der Waals surface area contributed by atoms with Crippen molar-refractivity contribution in [3.05, 3.63) is 64.6 Å². The number of halogens is 1. The van der Waals surface area contributed by atoms with Crippen molar-refractivity contribution in [2.24, 2.45) is 5.73 Å². The van der Waals surface area contributed by atoms with Crippen molar-refractivity contribution in [2.45, 2.75) is 40.4 Å². The van der Waals surface area contributed by atoms with Gasteiger partial charge < -0.3 is 10.3 Å². The van der Waals surface area contributed by atoms with Crippen LogP contribution in [0.25, 0.3) is 33.5 Å². The third-order valence-corrected chi connectivity index (χ3v) is 5.56. The van der Waals surface area contributed by atoms with Crippen molar-refractivity contribution in [3.63, 3.8) is 0 Å². The van der Waals surface area contributed by atoms with Gasteiger partial charge in [0, 0.05) is 37.3 Å². The Morgan fingerprint density at radius 3 is 2.37 bits per heavy atom. The summed E-state index contributed by atoms with van der Waals surface area (Å²) in [5.41, 5.74) is 11.7. The maximum Gasteiger partial charge on any atom is 0.329 e. The van der Waals surface area contributed by atoms with E-state index in [9.17, 15) is 9.18 Å². The number of imidazole rings is 2. The molecule has 0 radical (unpaired) electrons. The average molecular weight is 407 g/mol. The highest BCUT2D eigenvalue weighted by Gasteiger charge is 2.18. The summed E-state index contributed by atoms with van der Waals surface area (Å²) in [6.45, 7) is 7.98. The van der Waals surface area contributed by atoms with Gasteiger partial charge in [0.05, 0.1) is 28.7 Å². The standard InChI is InChI=1S/C23H26FN5O/c1-4-28-19-9-7-17(13-20(19)29(5-2)23(28)30)22-21(26-14-27(22)11-10-25)16-6-8-18(24)15(3)12-16/h6-9,12-14H,4-5,10-11,25H2,1-3H3. The summed E-state index contributed by atoms with van der Waals surface area (Å²) in [4.78, 5) is 17.4. The highest BCUT2D eigenvalue weighted by molar-refractivity contribution is 5.86. The van der Waals surface area contributed by atoms with Crippen molar-refractivity contribution in [2.75, 3.05) is 6.54 Å². The normalized spacial score (nSPS) is 11.5. The zero-order valence-corrected chi connectivity index (χ0v) is 17.5. The highest BCUT2D eigenvalue weighted by atomic mass is 19.1. The number of aromatic nitrogens is 4. The molecule has 4 rings (SSSR count). The second kappa shape index (κ2) is 7.91. The van der Waals surface area contributed by atoms with Gasteiger partial charge in [-0.25, -0.2) is 14.2 Å². The van der Waals surface area contributed by atoms with E-state index in [4.69, 9.17) is 5.73 Å². The van der Waals surface area contributed by atoms with Crippen LogP contribution in [0.5, 0.6) is 0 Å². The zero-order valence-electron chi connectivity index (χ0n) is 17.5. The number of aryl methyl sites for hydroxylation is 3. The minimum Gasteiger partial charge on any atom is -0.329 e. The van der Waals surface area contributed by atoms with Crippen molar-refractivity contribution in [3.8, 4) is 22.5 Å². The summed E-state index contributed by atoms with van der Waals surface area (Å²) < 4.78 is 19.4. The third kappa shape index (κ3) is 3.15. The van der Waals surface area contributed by atoms with E-state index in [1.54, 1.807) is 28.5 Å². The molecule has 30 heavy (non-hydrogen) atoms. The fourth-order valence-corrected chi connectivity index (χ4v) is 4.07. The Kier molecular flexibility index (Phi) is 5.30. The number of nitrogens with zero attached hydrogens (tertiary/aromatic N) is 4. The van der Waals surface area contributed by atoms with Crippen LogP contribution >= 0.6 is 0 Å². The molecule has 7 heteroatoms. The van der Waals surface area contributed by atoms with E-state index in [0.717, 1.165) is 33.5 Å². The Morgan fingerprint density at radius 1 is 1.00 bits per heavy atom. The van der Waals surface area contributed by atoms with E-state index in [1.165, 1.54) is 6.07 Å². The smallest absolute Gasteiger partial charge is 0.329 e. The molecule has 0 saturated heterocycles. The van der Waals surface area contributed by atoms with Crippen LogP contribution in [0.4, 0.5) is 4.39 Å². The molecule has 0 fully saturated rings. The molecule has 0 spiro atoms. The monoisotopic (exact) mass is 407 g/mol. The summed E-state index contributed by atoms with van der Waals surface area (Å²) in [6.07, 6.45) is 1.77. The number of benzene rings is 2. The minimum atomic E-state index is -0.240. The molecule has 156 valence electrons. The summed E-state index contributed by atoms with van der Waals surface area (Å²) >= 11 is 0. The van der Waals surface area contributed by atoms with E-state index in [-0.39, 0.29) is 11.5 Å². The van der Waals surface area contributed by atoms with Crippen LogP contribution in [0.3, 0.4) is 0 Å². The van der Waals surface area contributed by atoms with Crippen LogP contribution in [-0.2, 0) is 19.6 Å². The van der Waals surface area contributed by atoms with Crippen molar-refractivity contribution in [1.29, 1.82) is 0 Å². The fourth-order valence-electron chi connectivity index (χ4n) is 4.07. The Balaban J connectivity index is 1.97. The first-order chi connectivity index (χ1) is 14.5. The molecule has 0 saturated carbocycles. The van der Waals surface area contributed by atoms with Crippen molar-refractivity contribution < 1.29 is 4.39 Å². The molecule has 0 aliphatic rings. The molecular formula is C23H26FN5O. The number of nitrogens with two attached hydrogens (primary N) is 1. The molecule has 0 aliphatic heterocycles. The van der Waals surface area contributed by atoms with Gasteiger partial charge in [-0.2, -0.15) is 0 Å². The second-order valence-corrected chi connectivity index (χ2v) is 7.36. The summed E-state index contributed by atoms with van der Waals surface area (Å²) in [5.74, 6) is -0.240. The maximum absolute atomic E-state index is 13.8. The number of fused-ring (bicyclic) bond motifs is 1. The minimum absolute atomic E-state index is 0.00278. The lowest BCUT2D eigenvalue weighted by Gasteiger charge is -2.11. The Labute approximate surface area is 174 Å². The molecule has 6 nitrogen and oxygen atoms in total. The van der Waals surface area contributed by atoms with Crippen LogP contribution in [0.2, 0.25) is 0 Å². The van der Waals surface area contributed by atoms with Gasteiger partial charge in [-0.15, -0.1) is 0 Å². The van der Waals surface area contributed by atoms with E-state index in [0.29, 0.717) is 31.7 Å². The average Bonchev–Trinajstić information content (AvgIpc) is 3.27. The highest BCUT2D eigenvalue weighted by Crippen LogP contribution is 2.33. The van der Waals surface area contributed by atoms with Crippen molar-refractivity contribution in [1.82, 2.24) is 18.7 Å². The first kappa shape index (κ1) is 20.1. The lowest BCUT2D eigenvalue weighted by Crippen LogP contribution is -2.23. The predicted molar refractivity (Wildman–Crippen MR) is 118 cm³/mol. The molecule has 2 aromatic carbocycles. The van der Waals surface area contributed by atoms with Crippen LogP contribution in [0.1, 0.15) is 19.4 Å². The van der Waals surface area contributed by atoms with Crippen LogP contribution in [0.15, 0.2) is 47.5 Å². The molecule has 4 aromatic rings. The van der Waals surface area contributed by atoms with Gasteiger partial charge >= 0.3 is 5.69 Å². The zero-order chi connectivity index (χ0) is 21.4. The number of hydrogen-bond acceptors (Lipinski definition) is 3. The molecule has 0 unspecified atom stereocenters. The third-order valence-electron chi connectivity index (χ3n) is 5.56. The van der Waals surface area contributed by atoms with Crippen molar-refractivity contribution >= 4 is 11.0 Å². The van der Waals surface area contributed by atoms with Gasteiger partial charge in [-0.05, 0) is 56.7 Å². The summed E-state index contributed by atoms with van der Waals surface area (Å²) in [7, 11) is 0. The first-order valence-electron chi connectivity index (χ1n) is 10.2. The van der Waals surface area contributed by atoms with E-state index >= 15 is 0 Å². The largest absolute Gasteiger partial charge is 0.329 e. The molecule has 2 N–H and O–H groups in total. The van der Waals surface area contributed by atoms with Gasteiger partial charge in [0.1, 0.15) is 5.82 Å². The van der Waals surface area contributed by atoms with Gasteiger partial charge in [0.15, 0.2) is 0 Å². The summed E-state index contributed by atoms with van der Waals surface area (Å²) in [6, 6.07) is 11.1. The lowest BCUT2D eigenvalue weighted by molar-refractivity contribution is 0.619. The Morgan fingerprint density at radius 2 is 1.70 bits per heavy atom. The van der Waals surface area contributed by atoms with Gasteiger partial charge in [-0.3, -0.25) is 9.13 Å². The van der Waals surface area contributed by atoms with E-state index in [1.807, 2.05) is 42.7 Å². The molecular weight excluding hydrogens is 381 g/mol. The molecule has 0 bridgehead atoms. The number of rotatable bonds is 6. The lowest BCUT2D eigenvalue weighted by atomic mass is 10.0. The van der Waals surface area contributed by atoms with Crippen LogP contribution < -0.4 is 11.4 Å². The predicted octanol–water partition coefficient (Wildman–Crippen LogP) is 3.78. The first-order valence-corrected chi connectivity index (χ1v) is 10.2. The molecule has 2 heterocycles. The molecule has 0 aliphatic carbocycles. The van der Waals surface area contributed by atoms with Gasteiger partial charge in [-0.1, -0.05) is 6.07 Å². The second-order valence-electron chi connectivity index (χ2n) is 7.36. The molecule has 0 amide bonds. The topological polar surface area (TPSA) is 70.8 Å². The van der Waals surface area contributed by atoms with E-state index < -0.39 is 0 Å². The SMILES string of the molecule is CCn1c(=O)n(CC)c2cc(-c3c(-c4ccc(F)c(C)c4)ncn3CCN)ccc21. The van der Waals surface area contributed by atoms with Crippen LogP contribution in [-0.4, -0.2) is 25.2 Å². The van der Waals surface area contributed by atoms with Gasteiger partial charge in [0.2, 0.25) is 0 Å². The van der Waals surface area contributed by atoms with Crippen LogP contribution in [0, 0.1) is 12.7 Å².